The Hall–Kier alpha value is -2.25. The Morgan fingerprint density at radius 3 is 2.41 bits per heavy atom. The first kappa shape index (κ1) is 19.5. The fourth-order valence-electron chi connectivity index (χ4n) is 3.15. The number of nitrogens with one attached hydrogen (secondary N) is 2. The lowest BCUT2D eigenvalue weighted by Crippen LogP contribution is -3.15. The van der Waals surface area contributed by atoms with Crippen molar-refractivity contribution in [1.29, 1.82) is 0 Å². The predicted molar refractivity (Wildman–Crippen MR) is 99.3 cm³/mol. The summed E-state index contributed by atoms with van der Waals surface area (Å²) < 4.78 is 38.7. The Morgan fingerprint density at radius 2 is 1.78 bits per heavy atom. The molecule has 1 aliphatic rings. The quantitative estimate of drug-likeness (QED) is 0.831. The topological polar surface area (TPSA) is 36.8 Å². The summed E-state index contributed by atoms with van der Waals surface area (Å²) in [6.45, 7) is 3.44. The number of hydrogen-bond acceptors (Lipinski definition) is 2. The monoisotopic (exact) mass is 398 g/mol. The largest absolute Gasteiger partial charge is 0.417 e. The van der Waals surface area contributed by atoms with Crippen LogP contribution in [0.15, 0.2) is 48.5 Å². The Labute approximate surface area is 160 Å². The highest BCUT2D eigenvalue weighted by atomic mass is 35.5. The molecule has 3 rings (SSSR count). The first-order valence-electron chi connectivity index (χ1n) is 8.63. The van der Waals surface area contributed by atoms with Gasteiger partial charge in [0.2, 0.25) is 0 Å². The second kappa shape index (κ2) is 8.19. The van der Waals surface area contributed by atoms with Crippen molar-refractivity contribution < 1.29 is 22.9 Å². The van der Waals surface area contributed by atoms with Crippen LogP contribution in [0.5, 0.6) is 0 Å². The smallest absolute Gasteiger partial charge is 0.360 e. The van der Waals surface area contributed by atoms with Gasteiger partial charge in [-0.05, 0) is 30.3 Å². The summed E-state index contributed by atoms with van der Waals surface area (Å²) in [7, 11) is 0. The molecule has 1 aliphatic heterocycles. The standard InChI is InChI=1S/C19H19ClF3N3O/c20-17-7-6-14(12-16(17)19(21,22)23)24-18(27)13-25-8-10-26(11-9-25)15-4-2-1-3-5-15/h1-7,12H,8-11,13H2,(H,24,27)/p+1. The van der Waals surface area contributed by atoms with Gasteiger partial charge in [0.25, 0.3) is 5.91 Å². The van der Waals surface area contributed by atoms with Crippen LogP contribution < -0.4 is 15.1 Å². The van der Waals surface area contributed by atoms with Crippen molar-refractivity contribution in [2.45, 2.75) is 6.18 Å². The van der Waals surface area contributed by atoms with Crippen molar-refractivity contribution in [2.24, 2.45) is 0 Å². The van der Waals surface area contributed by atoms with E-state index in [9.17, 15) is 18.0 Å². The van der Waals surface area contributed by atoms with Gasteiger partial charge in [-0.2, -0.15) is 13.2 Å². The van der Waals surface area contributed by atoms with Gasteiger partial charge in [-0.15, -0.1) is 0 Å². The summed E-state index contributed by atoms with van der Waals surface area (Å²) in [5, 5.41) is 2.15. The number of alkyl halides is 3. The summed E-state index contributed by atoms with van der Waals surface area (Å²) in [6, 6.07) is 13.4. The molecule has 0 unspecified atom stereocenters. The van der Waals surface area contributed by atoms with Gasteiger partial charge in [0, 0.05) is 11.4 Å². The van der Waals surface area contributed by atoms with Gasteiger partial charge in [-0.1, -0.05) is 29.8 Å². The molecule has 0 aromatic heterocycles. The van der Waals surface area contributed by atoms with E-state index < -0.39 is 11.7 Å². The molecule has 0 saturated carbocycles. The van der Waals surface area contributed by atoms with Crippen LogP contribution in [-0.4, -0.2) is 38.6 Å². The number of para-hydroxylation sites is 1. The average Bonchev–Trinajstić information content (AvgIpc) is 2.64. The lowest BCUT2D eigenvalue weighted by atomic mass is 10.2. The van der Waals surface area contributed by atoms with E-state index in [2.05, 4.69) is 22.3 Å². The van der Waals surface area contributed by atoms with Gasteiger partial charge in [0.1, 0.15) is 0 Å². The zero-order chi connectivity index (χ0) is 19.4. The Kier molecular flexibility index (Phi) is 5.92. The Balaban J connectivity index is 1.53. The summed E-state index contributed by atoms with van der Waals surface area (Å²) in [5.74, 6) is -0.311. The van der Waals surface area contributed by atoms with Gasteiger partial charge in [0.15, 0.2) is 6.54 Å². The minimum Gasteiger partial charge on any atom is -0.360 e. The molecule has 27 heavy (non-hydrogen) atoms. The number of nitrogens with zero attached hydrogens (tertiary/aromatic N) is 1. The average molecular weight is 399 g/mol. The van der Waals surface area contributed by atoms with Crippen molar-refractivity contribution in [2.75, 3.05) is 42.9 Å². The molecule has 0 radical (unpaired) electrons. The van der Waals surface area contributed by atoms with Crippen molar-refractivity contribution in [1.82, 2.24) is 0 Å². The number of piperazine rings is 1. The maximum absolute atomic E-state index is 12.9. The summed E-state index contributed by atoms with van der Waals surface area (Å²) in [6.07, 6.45) is -4.56. The van der Waals surface area contributed by atoms with Crippen molar-refractivity contribution in [3.63, 3.8) is 0 Å². The highest BCUT2D eigenvalue weighted by Crippen LogP contribution is 2.36. The first-order valence-corrected chi connectivity index (χ1v) is 9.01. The van der Waals surface area contributed by atoms with Crippen LogP contribution in [-0.2, 0) is 11.0 Å². The van der Waals surface area contributed by atoms with Crippen LogP contribution >= 0.6 is 11.6 Å². The fourth-order valence-corrected chi connectivity index (χ4v) is 3.37. The maximum atomic E-state index is 12.9. The predicted octanol–water partition coefficient (Wildman–Crippen LogP) is 2.70. The number of anilines is 2. The molecular weight excluding hydrogens is 379 g/mol. The Bertz CT molecular complexity index is 791. The van der Waals surface area contributed by atoms with E-state index in [1.54, 1.807) is 0 Å². The second-order valence-electron chi connectivity index (χ2n) is 6.49. The number of halogens is 4. The maximum Gasteiger partial charge on any atom is 0.417 e. The van der Waals surface area contributed by atoms with Gasteiger partial charge in [-0.25, -0.2) is 0 Å². The SMILES string of the molecule is O=C(C[NH+]1CCN(c2ccccc2)CC1)Nc1ccc(Cl)c(C(F)(F)F)c1. The van der Waals surface area contributed by atoms with E-state index in [0.717, 1.165) is 48.9 Å². The fraction of sp³-hybridized carbons (Fsp3) is 0.316. The molecule has 1 amide bonds. The molecule has 2 aromatic rings. The zero-order valence-corrected chi connectivity index (χ0v) is 15.3. The van der Waals surface area contributed by atoms with E-state index in [1.807, 2.05) is 18.2 Å². The molecule has 1 heterocycles. The van der Waals surface area contributed by atoms with Gasteiger partial charge < -0.3 is 15.1 Å². The van der Waals surface area contributed by atoms with E-state index in [1.165, 1.54) is 6.07 Å². The van der Waals surface area contributed by atoms with Gasteiger partial charge in [0.05, 0.1) is 36.8 Å². The molecule has 0 aliphatic carbocycles. The van der Waals surface area contributed by atoms with Gasteiger partial charge >= 0.3 is 6.18 Å². The van der Waals surface area contributed by atoms with Crippen LogP contribution in [0.25, 0.3) is 0 Å². The third-order valence-electron chi connectivity index (χ3n) is 4.56. The van der Waals surface area contributed by atoms with Gasteiger partial charge in [-0.3, -0.25) is 4.79 Å². The molecule has 4 nitrogen and oxygen atoms in total. The van der Waals surface area contributed by atoms with Crippen LogP contribution in [0, 0.1) is 0 Å². The van der Waals surface area contributed by atoms with Crippen LogP contribution in [0.4, 0.5) is 24.5 Å². The van der Waals surface area contributed by atoms with Crippen molar-refractivity contribution in [3.05, 3.63) is 59.1 Å². The van der Waals surface area contributed by atoms with Crippen LogP contribution in [0.3, 0.4) is 0 Å². The number of carbonyl (C=O) groups excluding carboxylic acids is 1. The molecular formula is C19H20ClF3N3O+. The van der Waals surface area contributed by atoms with E-state index in [0.29, 0.717) is 0 Å². The molecule has 1 fully saturated rings. The van der Waals surface area contributed by atoms with E-state index in [-0.39, 0.29) is 23.2 Å². The number of benzene rings is 2. The minimum atomic E-state index is -4.56. The number of amides is 1. The third kappa shape index (κ3) is 5.14. The first-order chi connectivity index (χ1) is 12.8. The van der Waals surface area contributed by atoms with Crippen molar-refractivity contribution >= 4 is 28.9 Å². The van der Waals surface area contributed by atoms with E-state index in [4.69, 9.17) is 11.6 Å². The molecule has 8 heteroatoms. The van der Waals surface area contributed by atoms with Crippen molar-refractivity contribution in [3.8, 4) is 0 Å². The lowest BCUT2D eigenvalue weighted by molar-refractivity contribution is -0.892. The minimum absolute atomic E-state index is 0.0963. The second-order valence-corrected chi connectivity index (χ2v) is 6.90. The summed E-state index contributed by atoms with van der Waals surface area (Å²) in [5.41, 5.74) is 0.298. The van der Waals surface area contributed by atoms with Crippen LogP contribution in [0.1, 0.15) is 5.56 Å². The molecule has 2 aromatic carbocycles. The third-order valence-corrected chi connectivity index (χ3v) is 4.89. The number of rotatable bonds is 4. The Morgan fingerprint density at radius 1 is 1.11 bits per heavy atom. The van der Waals surface area contributed by atoms with Crippen LogP contribution in [0.2, 0.25) is 5.02 Å². The highest BCUT2D eigenvalue weighted by molar-refractivity contribution is 6.31. The number of hydrogen-bond donors (Lipinski definition) is 2. The molecule has 0 atom stereocenters. The number of carbonyl (C=O) groups is 1. The highest BCUT2D eigenvalue weighted by Gasteiger charge is 2.33. The summed E-state index contributed by atoms with van der Waals surface area (Å²) >= 11 is 5.60. The van der Waals surface area contributed by atoms with E-state index >= 15 is 0 Å². The molecule has 144 valence electrons. The molecule has 1 saturated heterocycles. The normalized spacial score (nSPS) is 15.6. The zero-order valence-electron chi connectivity index (χ0n) is 14.5. The lowest BCUT2D eigenvalue weighted by Gasteiger charge is -2.33. The summed E-state index contributed by atoms with van der Waals surface area (Å²) in [4.78, 5) is 15.6. The molecule has 0 bridgehead atoms. The molecule has 0 spiro atoms. The number of quaternary nitrogens is 1. The molecule has 2 N–H and O–H groups in total.